The van der Waals surface area contributed by atoms with E-state index in [4.69, 9.17) is 0 Å². The number of pyridine rings is 1. The van der Waals surface area contributed by atoms with Crippen LogP contribution in [0, 0.1) is 0 Å². The van der Waals surface area contributed by atoms with Gasteiger partial charge in [0.05, 0.1) is 23.6 Å². The average Bonchev–Trinajstić information content (AvgIpc) is 2.57. The molecular formula is C11H15BrN2OS. The normalized spacial score (nSPS) is 17.4. The molecule has 0 spiro atoms. The van der Waals surface area contributed by atoms with Crippen LogP contribution in [0.2, 0.25) is 0 Å². The van der Waals surface area contributed by atoms with Gasteiger partial charge < -0.3 is 4.55 Å². The third kappa shape index (κ3) is 2.21. The highest BCUT2D eigenvalue weighted by atomic mass is 79.9. The van der Waals surface area contributed by atoms with E-state index < -0.39 is 11.4 Å². The molecule has 1 aliphatic heterocycles. The van der Waals surface area contributed by atoms with E-state index >= 15 is 0 Å². The Balaban J connectivity index is 2.33. The van der Waals surface area contributed by atoms with Gasteiger partial charge in [-0.25, -0.2) is 4.98 Å². The Kier molecular flexibility index (Phi) is 3.20. The standard InChI is InChI=1S/C11H15BrN2OS/c1-11(2,3)16(15)14-5-4-8-7-13-10(12)6-9(8)14/h6-7H,4-5H2,1-3H3. The summed E-state index contributed by atoms with van der Waals surface area (Å²) in [4.78, 5) is 4.20. The van der Waals surface area contributed by atoms with E-state index in [1.165, 1.54) is 5.56 Å². The highest BCUT2D eigenvalue weighted by Crippen LogP contribution is 2.35. The number of fused-ring (bicyclic) bond motifs is 1. The molecule has 0 fully saturated rings. The second kappa shape index (κ2) is 4.20. The first kappa shape index (κ1) is 12.2. The molecule has 3 nitrogen and oxygen atoms in total. The number of aromatic nitrogens is 1. The maximum atomic E-state index is 12.3. The van der Waals surface area contributed by atoms with Crippen molar-refractivity contribution in [3.8, 4) is 0 Å². The number of rotatable bonds is 1. The van der Waals surface area contributed by atoms with E-state index in [9.17, 15) is 4.55 Å². The van der Waals surface area contributed by atoms with Crippen LogP contribution in [0.25, 0.3) is 0 Å². The van der Waals surface area contributed by atoms with Crippen LogP contribution in [-0.4, -0.2) is 20.8 Å². The minimum atomic E-state index is -0.998. The molecule has 0 saturated carbocycles. The predicted molar refractivity (Wildman–Crippen MR) is 70.9 cm³/mol. The second-order valence-corrected chi connectivity index (χ2v) is 7.83. The first-order chi connectivity index (χ1) is 7.39. The first-order valence-electron chi connectivity index (χ1n) is 5.23. The van der Waals surface area contributed by atoms with Crippen molar-refractivity contribution in [1.82, 2.24) is 4.98 Å². The van der Waals surface area contributed by atoms with Crippen molar-refractivity contribution in [2.24, 2.45) is 0 Å². The quantitative estimate of drug-likeness (QED) is 0.591. The summed E-state index contributed by atoms with van der Waals surface area (Å²) in [7, 11) is 0. The predicted octanol–water partition coefficient (Wildman–Crippen LogP) is 2.67. The molecule has 88 valence electrons. The largest absolute Gasteiger partial charge is 0.593 e. The third-order valence-corrected chi connectivity index (χ3v) is 4.77. The molecule has 2 heterocycles. The second-order valence-electron chi connectivity index (χ2n) is 4.85. The van der Waals surface area contributed by atoms with Crippen LogP contribution < -0.4 is 4.31 Å². The average molecular weight is 303 g/mol. The van der Waals surface area contributed by atoms with Crippen molar-refractivity contribution in [2.75, 3.05) is 10.8 Å². The maximum absolute atomic E-state index is 12.3. The Morgan fingerprint density at radius 1 is 1.50 bits per heavy atom. The van der Waals surface area contributed by atoms with Gasteiger partial charge in [0.25, 0.3) is 0 Å². The van der Waals surface area contributed by atoms with Crippen LogP contribution in [0.4, 0.5) is 5.69 Å². The van der Waals surface area contributed by atoms with Crippen LogP contribution in [0.3, 0.4) is 0 Å². The van der Waals surface area contributed by atoms with Crippen molar-refractivity contribution in [3.05, 3.63) is 22.4 Å². The van der Waals surface area contributed by atoms with Gasteiger partial charge >= 0.3 is 0 Å². The molecule has 0 N–H and O–H groups in total. The molecule has 2 rings (SSSR count). The maximum Gasteiger partial charge on any atom is 0.142 e. The Morgan fingerprint density at radius 2 is 2.19 bits per heavy atom. The lowest BCUT2D eigenvalue weighted by Crippen LogP contribution is -2.42. The van der Waals surface area contributed by atoms with Gasteiger partial charge in [0.15, 0.2) is 0 Å². The molecule has 1 unspecified atom stereocenters. The molecule has 16 heavy (non-hydrogen) atoms. The van der Waals surface area contributed by atoms with E-state index in [0.29, 0.717) is 0 Å². The molecule has 1 aromatic heterocycles. The molecule has 5 heteroatoms. The van der Waals surface area contributed by atoms with Crippen LogP contribution in [0.5, 0.6) is 0 Å². The Bertz CT molecular complexity index is 405. The Morgan fingerprint density at radius 3 is 2.81 bits per heavy atom. The number of anilines is 1. The molecule has 0 aliphatic carbocycles. The molecule has 1 aliphatic rings. The fourth-order valence-corrected chi connectivity index (χ4v) is 3.30. The minimum Gasteiger partial charge on any atom is -0.593 e. The Hall–Kier alpha value is -0.260. The third-order valence-electron chi connectivity index (χ3n) is 2.51. The summed E-state index contributed by atoms with van der Waals surface area (Å²) >= 11 is 2.36. The number of nitrogens with zero attached hydrogens (tertiary/aromatic N) is 2. The fourth-order valence-electron chi connectivity index (χ4n) is 1.72. The molecule has 0 amide bonds. The van der Waals surface area contributed by atoms with Crippen molar-refractivity contribution in [2.45, 2.75) is 31.9 Å². The van der Waals surface area contributed by atoms with Crippen molar-refractivity contribution in [3.63, 3.8) is 0 Å². The molecule has 1 aromatic rings. The van der Waals surface area contributed by atoms with Gasteiger partial charge in [-0.3, -0.25) is 0 Å². The van der Waals surface area contributed by atoms with Gasteiger partial charge in [-0.05, 0) is 49.2 Å². The molecule has 0 aromatic carbocycles. The van der Waals surface area contributed by atoms with Crippen molar-refractivity contribution in [1.29, 1.82) is 0 Å². The summed E-state index contributed by atoms with van der Waals surface area (Å²) in [6, 6.07) is 1.95. The van der Waals surface area contributed by atoms with Gasteiger partial charge in [-0.1, -0.05) is 0 Å². The van der Waals surface area contributed by atoms with E-state index in [-0.39, 0.29) is 4.75 Å². The minimum absolute atomic E-state index is 0.225. The number of hydrogen-bond acceptors (Lipinski definition) is 3. The highest BCUT2D eigenvalue weighted by Gasteiger charge is 2.37. The van der Waals surface area contributed by atoms with Gasteiger partial charge in [0, 0.05) is 11.8 Å². The molecule has 0 radical (unpaired) electrons. The molecule has 0 bridgehead atoms. The lowest BCUT2D eigenvalue weighted by atomic mass is 10.2. The monoisotopic (exact) mass is 302 g/mol. The summed E-state index contributed by atoms with van der Waals surface area (Å²) in [6.07, 6.45) is 2.79. The summed E-state index contributed by atoms with van der Waals surface area (Å²) in [5, 5.41) is 0. The zero-order valence-corrected chi connectivity index (χ0v) is 12.1. The van der Waals surface area contributed by atoms with Crippen LogP contribution in [0.15, 0.2) is 16.9 Å². The fraction of sp³-hybridized carbons (Fsp3) is 0.545. The summed E-state index contributed by atoms with van der Waals surface area (Å²) < 4.78 is 14.9. The lowest BCUT2D eigenvalue weighted by molar-refractivity contribution is 0.555. The summed E-state index contributed by atoms with van der Waals surface area (Å²) in [6.45, 7) is 6.81. The first-order valence-corrected chi connectivity index (χ1v) is 7.13. The van der Waals surface area contributed by atoms with Gasteiger partial charge in [-0.15, -0.1) is 0 Å². The van der Waals surface area contributed by atoms with Gasteiger partial charge in [-0.2, -0.15) is 4.31 Å². The number of halogens is 1. The zero-order valence-electron chi connectivity index (χ0n) is 9.66. The highest BCUT2D eigenvalue weighted by molar-refractivity contribution is 9.10. The van der Waals surface area contributed by atoms with E-state index in [0.717, 1.165) is 23.3 Å². The van der Waals surface area contributed by atoms with Crippen LogP contribution in [0.1, 0.15) is 26.3 Å². The smallest absolute Gasteiger partial charge is 0.142 e. The van der Waals surface area contributed by atoms with E-state index in [1.807, 2.05) is 37.3 Å². The van der Waals surface area contributed by atoms with E-state index in [1.54, 1.807) is 0 Å². The van der Waals surface area contributed by atoms with Crippen LogP contribution in [-0.2, 0) is 17.8 Å². The summed E-state index contributed by atoms with van der Waals surface area (Å²) in [5.74, 6) is 0. The summed E-state index contributed by atoms with van der Waals surface area (Å²) in [5.41, 5.74) is 2.23. The van der Waals surface area contributed by atoms with Crippen molar-refractivity contribution >= 4 is 33.0 Å². The zero-order chi connectivity index (χ0) is 11.9. The van der Waals surface area contributed by atoms with E-state index in [2.05, 4.69) is 20.9 Å². The molecule has 0 saturated heterocycles. The number of hydrogen-bond donors (Lipinski definition) is 0. The molecule has 1 atom stereocenters. The van der Waals surface area contributed by atoms with Gasteiger partial charge in [0.1, 0.15) is 9.35 Å². The van der Waals surface area contributed by atoms with Crippen LogP contribution >= 0.6 is 15.9 Å². The Labute approximate surface area is 108 Å². The molecular weight excluding hydrogens is 288 g/mol. The topological polar surface area (TPSA) is 39.2 Å². The van der Waals surface area contributed by atoms with Gasteiger partial charge in [0.2, 0.25) is 0 Å². The SMILES string of the molecule is CC(C)(C)[S+]([O-])N1CCc2cnc(Br)cc21. The van der Waals surface area contributed by atoms with Crippen molar-refractivity contribution < 1.29 is 4.55 Å². The lowest BCUT2D eigenvalue weighted by Gasteiger charge is -2.31.